The second-order valence-electron chi connectivity index (χ2n) is 5.19. The van der Waals surface area contributed by atoms with Crippen molar-refractivity contribution in [2.75, 3.05) is 0 Å². The van der Waals surface area contributed by atoms with Crippen molar-refractivity contribution in [1.29, 1.82) is 0 Å². The molecule has 0 aromatic carbocycles. The highest BCUT2D eigenvalue weighted by Crippen LogP contribution is 2.40. The van der Waals surface area contributed by atoms with Gasteiger partial charge in [-0.25, -0.2) is 4.99 Å². The van der Waals surface area contributed by atoms with Gasteiger partial charge in [-0.05, 0) is 25.7 Å². The lowest BCUT2D eigenvalue weighted by molar-refractivity contribution is -0.0876. The molecule has 18 heavy (non-hydrogen) atoms. The molecule has 2 fully saturated rings. The number of allylic oxidation sites excluding steroid dienone is 1. The van der Waals surface area contributed by atoms with Crippen LogP contribution in [0.5, 0.6) is 0 Å². The summed E-state index contributed by atoms with van der Waals surface area (Å²) in [5.74, 6) is -0.972. The zero-order chi connectivity index (χ0) is 13.0. The Morgan fingerprint density at radius 3 is 2.50 bits per heavy atom. The van der Waals surface area contributed by atoms with E-state index >= 15 is 0 Å². The van der Waals surface area contributed by atoms with Gasteiger partial charge in [0.25, 0.3) is 0 Å². The molecule has 4 nitrogen and oxygen atoms in total. The topological polar surface area (TPSA) is 62.4 Å². The summed E-state index contributed by atoms with van der Waals surface area (Å²) in [5, 5.41) is 5.61. The Hall–Kier alpha value is -1.24. The van der Waals surface area contributed by atoms with Crippen molar-refractivity contribution < 1.29 is 13.2 Å². The molecule has 1 unspecified atom stereocenters. The predicted octanol–water partition coefficient (Wildman–Crippen LogP) is 1.21. The smallest absolute Gasteiger partial charge is 0.369 e. The van der Waals surface area contributed by atoms with Crippen LogP contribution in [0.4, 0.5) is 13.2 Å². The molecule has 7 heteroatoms. The summed E-state index contributed by atoms with van der Waals surface area (Å²) in [7, 11) is 0. The van der Waals surface area contributed by atoms with Crippen LogP contribution < -0.4 is 16.4 Å². The van der Waals surface area contributed by atoms with Crippen LogP contribution in [0.25, 0.3) is 0 Å². The van der Waals surface area contributed by atoms with Crippen molar-refractivity contribution >= 4 is 6.21 Å². The fourth-order valence-electron chi connectivity index (χ4n) is 2.03. The Morgan fingerprint density at radius 2 is 2.00 bits per heavy atom. The maximum absolute atomic E-state index is 12.9. The number of hydrogen-bond donors (Lipinski definition) is 3. The van der Waals surface area contributed by atoms with E-state index in [1.165, 1.54) is 0 Å². The third-order valence-electron chi connectivity index (χ3n) is 3.43. The lowest BCUT2D eigenvalue weighted by Gasteiger charge is -2.34. The van der Waals surface area contributed by atoms with Gasteiger partial charge in [-0.2, -0.15) is 13.2 Å². The average molecular weight is 260 g/mol. The average Bonchev–Trinajstić information content (AvgIpc) is 3.11. The number of aliphatic imine (C=N–C) groups is 1. The molecule has 100 valence electrons. The fraction of sp³-hybridized carbons (Fsp3) is 0.727. The maximum Gasteiger partial charge on any atom is 0.421 e. The number of alkyl halides is 3. The minimum absolute atomic E-state index is 0.0191. The van der Waals surface area contributed by atoms with Crippen LogP contribution in [-0.2, 0) is 0 Å². The summed E-state index contributed by atoms with van der Waals surface area (Å²) in [6.07, 6.45) is 0.0405. The predicted molar refractivity (Wildman–Crippen MR) is 60.5 cm³/mol. The lowest BCUT2D eigenvalue weighted by atomic mass is 10.1. The Bertz CT molecular complexity index is 420. The van der Waals surface area contributed by atoms with Crippen molar-refractivity contribution in [2.24, 2.45) is 16.6 Å². The highest BCUT2D eigenvalue weighted by molar-refractivity contribution is 5.82. The van der Waals surface area contributed by atoms with Crippen molar-refractivity contribution in [3.63, 3.8) is 0 Å². The van der Waals surface area contributed by atoms with E-state index < -0.39 is 17.5 Å². The summed E-state index contributed by atoms with van der Waals surface area (Å²) in [6.45, 7) is 0. The van der Waals surface area contributed by atoms with E-state index in [2.05, 4.69) is 15.6 Å². The van der Waals surface area contributed by atoms with E-state index in [9.17, 15) is 13.2 Å². The largest absolute Gasteiger partial charge is 0.421 e. The molecule has 1 atom stereocenters. The minimum atomic E-state index is -4.42. The van der Waals surface area contributed by atoms with Crippen molar-refractivity contribution in [3.05, 3.63) is 11.4 Å². The van der Waals surface area contributed by atoms with E-state index in [0.717, 1.165) is 31.9 Å². The van der Waals surface area contributed by atoms with Crippen LogP contribution in [-0.4, -0.2) is 24.2 Å². The van der Waals surface area contributed by atoms with Crippen LogP contribution >= 0.6 is 0 Å². The van der Waals surface area contributed by atoms with E-state index in [4.69, 9.17) is 5.73 Å². The van der Waals surface area contributed by atoms with Gasteiger partial charge in [-0.3, -0.25) is 5.73 Å². The Kier molecular flexibility index (Phi) is 2.38. The molecule has 0 saturated heterocycles. The van der Waals surface area contributed by atoms with Crippen molar-refractivity contribution in [3.8, 4) is 0 Å². The number of rotatable bonds is 3. The number of halogens is 3. The molecule has 1 heterocycles. The Balaban J connectivity index is 1.87. The van der Waals surface area contributed by atoms with Crippen LogP contribution in [0.3, 0.4) is 0 Å². The van der Waals surface area contributed by atoms with E-state index in [-0.39, 0.29) is 17.8 Å². The number of nitrogens with two attached hydrogens (primary N) is 1. The first kappa shape index (κ1) is 11.8. The molecule has 0 amide bonds. The molecule has 1 aliphatic heterocycles. The summed E-state index contributed by atoms with van der Waals surface area (Å²) in [4.78, 5) is 3.87. The van der Waals surface area contributed by atoms with Gasteiger partial charge in [0.1, 0.15) is 11.4 Å². The third-order valence-corrected chi connectivity index (χ3v) is 3.43. The number of hydrogen-bond acceptors (Lipinski definition) is 4. The van der Waals surface area contributed by atoms with Gasteiger partial charge in [0.2, 0.25) is 0 Å². The maximum atomic E-state index is 12.9. The van der Waals surface area contributed by atoms with Crippen LogP contribution in [0.1, 0.15) is 25.7 Å². The van der Waals surface area contributed by atoms with Crippen molar-refractivity contribution in [1.82, 2.24) is 10.6 Å². The van der Waals surface area contributed by atoms with Crippen LogP contribution in [0, 0.1) is 5.92 Å². The first-order valence-corrected chi connectivity index (χ1v) is 6.09. The van der Waals surface area contributed by atoms with Crippen LogP contribution in [0.2, 0.25) is 0 Å². The first-order valence-electron chi connectivity index (χ1n) is 6.09. The first-order chi connectivity index (χ1) is 8.38. The second kappa shape index (κ2) is 3.63. The SMILES string of the molecule is NC1(C2CC2)N=CC(C(F)(F)F)=C(NC2CC2)N1. The molecular formula is C11H15F3N4. The third kappa shape index (κ3) is 2.19. The molecule has 0 aromatic heterocycles. The number of nitrogens with zero attached hydrogens (tertiary/aromatic N) is 1. The zero-order valence-corrected chi connectivity index (χ0v) is 9.72. The molecule has 0 bridgehead atoms. The van der Waals surface area contributed by atoms with Gasteiger partial charge in [0.15, 0.2) is 5.79 Å². The summed E-state index contributed by atoms with van der Waals surface area (Å²) in [5.41, 5.74) is 5.24. The minimum Gasteiger partial charge on any atom is -0.369 e. The van der Waals surface area contributed by atoms with Gasteiger partial charge < -0.3 is 10.6 Å². The van der Waals surface area contributed by atoms with Crippen LogP contribution in [0.15, 0.2) is 16.4 Å². The van der Waals surface area contributed by atoms with Crippen molar-refractivity contribution in [2.45, 2.75) is 43.7 Å². The fourth-order valence-corrected chi connectivity index (χ4v) is 2.03. The van der Waals surface area contributed by atoms with Gasteiger partial charge in [0.05, 0.1) is 0 Å². The summed E-state index contributed by atoms with van der Waals surface area (Å²) >= 11 is 0. The number of nitrogens with one attached hydrogen (secondary N) is 2. The quantitative estimate of drug-likeness (QED) is 0.714. The Morgan fingerprint density at radius 1 is 1.33 bits per heavy atom. The Labute approximate surface area is 103 Å². The molecule has 2 saturated carbocycles. The molecule has 3 rings (SSSR count). The molecule has 0 spiro atoms. The zero-order valence-electron chi connectivity index (χ0n) is 9.72. The molecule has 4 N–H and O–H groups in total. The molecular weight excluding hydrogens is 245 g/mol. The molecule has 0 aromatic rings. The van der Waals surface area contributed by atoms with Gasteiger partial charge >= 0.3 is 6.18 Å². The summed E-state index contributed by atoms with van der Waals surface area (Å²) < 4.78 is 38.6. The second-order valence-corrected chi connectivity index (χ2v) is 5.19. The normalized spacial score (nSPS) is 32.4. The highest BCUT2D eigenvalue weighted by Gasteiger charge is 2.48. The molecule has 3 aliphatic rings. The van der Waals surface area contributed by atoms with Gasteiger partial charge in [-0.15, -0.1) is 0 Å². The molecule has 0 radical (unpaired) electrons. The highest BCUT2D eigenvalue weighted by atomic mass is 19.4. The van der Waals surface area contributed by atoms with Gasteiger partial charge in [0, 0.05) is 18.2 Å². The monoisotopic (exact) mass is 260 g/mol. The summed E-state index contributed by atoms with van der Waals surface area (Å²) in [6, 6.07) is 0.125. The van der Waals surface area contributed by atoms with E-state index in [1.54, 1.807) is 0 Å². The van der Waals surface area contributed by atoms with E-state index in [1.807, 2.05) is 0 Å². The lowest BCUT2D eigenvalue weighted by Crippen LogP contribution is -2.58. The van der Waals surface area contributed by atoms with Gasteiger partial charge in [-0.1, -0.05) is 0 Å². The standard InChI is InChI=1S/C11H15F3N4/c12-10(13,14)8-5-16-11(15,6-1-2-6)18-9(8)17-7-3-4-7/h5-7,17-18H,1-4,15H2. The molecule has 2 aliphatic carbocycles. The van der Waals surface area contributed by atoms with E-state index in [0.29, 0.717) is 0 Å².